The fraction of sp³-hybridized carbons (Fsp3) is 0.760. The predicted molar refractivity (Wildman–Crippen MR) is 145 cm³/mol. The molecule has 12 heteroatoms. The van der Waals surface area contributed by atoms with E-state index in [9.17, 15) is 28.8 Å². The standard InChI is InChI=1S/C25H40IN5O6/c1-14(2)17-12-19(33)31(22(17)35)11-7-5-6-8-18(32)29-20(15(3)4)21(34)30-25(23(26)36)13-16(25)9-10-28-24(27)37/h14-17,20H,5-13H2,1-4H3,(H,29,32)(H,30,34)(H3,27,28,37)/t16-,17?,20+,25?/m1/s1. The molecule has 0 aromatic carbocycles. The van der Waals surface area contributed by atoms with Crippen LogP contribution < -0.4 is 21.7 Å². The van der Waals surface area contributed by atoms with Gasteiger partial charge in [-0.05, 0) is 43.4 Å². The molecule has 0 radical (unpaired) electrons. The van der Waals surface area contributed by atoms with E-state index in [0.29, 0.717) is 45.2 Å². The number of carbonyl (C=O) groups is 6. The molecule has 11 nitrogen and oxygen atoms in total. The number of hydrogen-bond donors (Lipinski definition) is 4. The lowest BCUT2D eigenvalue weighted by Gasteiger charge is -2.25. The number of rotatable bonds is 15. The highest BCUT2D eigenvalue weighted by atomic mass is 127. The van der Waals surface area contributed by atoms with Crippen molar-refractivity contribution in [2.24, 2.45) is 29.4 Å². The number of primary amides is 1. The van der Waals surface area contributed by atoms with E-state index in [-0.39, 0.29) is 58.0 Å². The van der Waals surface area contributed by atoms with Gasteiger partial charge in [0.15, 0.2) is 0 Å². The first-order chi connectivity index (χ1) is 17.3. The van der Waals surface area contributed by atoms with Crippen molar-refractivity contribution in [2.75, 3.05) is 13.1 Å². The molecule has 1 aliphatic carbocycles. The highest BCUT2D eigenvalue weighted by molar-refractivity contribution is 14.1. The minimum Gasteiger partial charge on any atom is -0.352 e. The second-order valence-electron chi connectivity index (χ2n) is 10.8. The number of nitrogens with one attached hydrogen (secondary N) is 3. The fourth-order valence-electron chi connectivity index (χ4n) is 4.77. The Morgan fingerprint density at radius 2 is 1.78 bits per heavy atom. The van der Waals surface area contributed by atoms with Crippen LogP contribution in [0.1, 0.15) is 72.6 Å². The molecule has 1 aliphatic heterocycles. The van der Waals surface area contributed by atoms with Gasteiger partial charge in [-0.25, -0.2) is 4.79 Å². The maximum atomic E-state index is 13.0. The summed E-state index contributed by atoms with van der Waals surface area (Å²) in [6.45, 7) is 8.19. The van der Waals surface area contributed by atoms with E-state index in [0.717, 1.165) is 0 Å². The van der Waals surface area contributed by atoms with Gasteiger partial charge in [-0.15, -0.1) is 0 Å². The van der Waals surface area contributed by atoms with Crippen molar-refractivity contribution in [1.82, 2.24) is 20.9 Å². The largest absolute Gasteiger partial charge is 0.352 e. The Balaban J connectivity index is 1.78. The summed E-state index contributed by atoms with van der Waals surface area (Å²) in [6, 6.07) is -1.44. The molecule has 2 unspecified atom stereocenters. The molecule has 6 amide bonds. The van der Waals surface area contributed by atoms with Gasteiger partial charge < -0.3 is 21.7 Å². The first-order valence-electron chi connectivity index (χ1n) is 13.0. The van der Waals surface area contributed by atoms with Gasteiger partial charge in [0.25, 0.3) is 0 Å². The van der Waals surface area contributed by atoms with E-state index >= 15 is 0 Å². The second-order valence-corrected chi connectivity index (χ2v) is 11.7. The van der Waals surface area contributed by atoms with Crippen molar-refractivity contribution in [3.8, 4) is 0 Å². The van der Waals surface area contributed by atoms with Crippen LogP contribution in [0, 0.1) is 23.7 Å². The van der Waals surface area contributed by atoms with Crippen LogP contribution in [0.15, 0.2) is 0 Å². The van der Waals surface area contributed by atoms with Gasteiger partial charge in [-0.1, -0.05) is 34.1 Å². The number of carbonyl (C=O) groups excluding carboxylic acids is 6. The Hall–Kier alpha value is -2.25. The van der Waals surface area contributed by atoms with Crippen molar-refractivity contribution < 1.29 is 28.8 Å². The fourth-order valence-corrected chi connectivity index (χ4v) is 5.56. The number of nitrogens with zero attached hydrogens (tertiary/aromatic N) is 1. The van der Waals surface area contributed by atoms with Crippen LogP contribution in [0.5, 0.6) is 0 Å². The average Bonchev–Trinajstić information content (AvgIpc) is 3.42. The monoisotopic (exact) mass is 633 g/mol. The van der Waals surface area contributed by atoms with Crippen LogP contribution in [0.25, 0.3) is 0 Å². The molecule has 0 aromatic heterocycles. The Morgan fingerprint density at radius 1 is 1.11 bits per heavy atom. The number of amides is 6. The summed E-state index contributed by atoms with van der Waals surface area (Å²) < 4.78 is -0.189. The van der Waals surface area contributed by atoms with Gasteiger partial charge in [0.1, 0.15) is 11.6 Å². The summed E-state index contributed by atoms with van der Waals surface area (Å²) >= 11 is 1.68. The van der Waals surface area contributed by atoms with Gasteiger partial charge in [0.2, 0.25) is 27.4 Å². The van der Waals surface area contributed by atoms with Gasteiger partial charge >= 0.3 is 6.03 Å². The molecule has 0 aromatic rings. The molecule has 1 saturated heterocycles. The SMILES string of the molecule is CC(C)C1CC(=O)N(CCCCCC(=O)N[C@H](C(=O)NC2(C(=O)I)C[C@H]2CCNC(N)=O)C(C)C)C1=O. The average molecular weight is 634 g/mol. The predicted octanol–water partition coefficient (Wildman–Crippen LogP) is 1.61. The number of likely N-dealkylation sites (tertiary alicyclic amines) is 1. The molecule has 5 N–H and O–H groups in total. The summed E-state index contributed by atoms with van der Waals surface area (Å²) in [6.07, 6.45) is 3.31. The zero-order valence-corrected chi connectivity index (χ0v) is 24.3. The summed E-state index contributed by atoms with van der Waals surface area (Å²) in [7, 11) is 0. The Bertz CT molecular complexity index is 910. The van der Waals surface area contributed by atoms with Crippen molar-refractivity contribution in [3.63, 3.8) is 0 Å². The Morgan fingerprint density at radius 3 is 2.32 bits per heavy atom. The van der Waals surface area contributed by atoms with Gasteiger partial charge in [-0.3, -0.25) is 28.9 Å². The Kier molecular flexibility index (Phi) is 11.3. The summed E-state index contributed by atoms with van der Waals surface area (Å²) in [5, 5.41) is 8.12. The smallest absolute Gasteiger partial charge is 0.312 e. The number of urea groups is 1. The summed E-state index contributed by atoms with van der Waals surface area (Å²) in [4.78, 5) is 74.6. The second kappa shape index (κ2) is 13.5. The third-order valence-corrected chi connectivity index (χ3v) is 8.19. The van der Waals surface area contributed by atoms with Gasteiger partial charge in [-0.2, -0.15) is 0 Å². The molecule has 208 valence electrons. The first-order valence-corrected chi connectivity index (χ1v) is 14.1. The zero-order chi connectivity index (χ0) is 27.9. The lowest BCUT2D eigenvalue weighted by atomic mass is 9.94. The van der Waals surface area contributed by atoms with Crippen molar-refractivity contribution in [1.29, 1.82) is 0 Å². The van der Waals surface area contributed by atoms with E-state index in [4.69, 9.17) is 5.73 Å². The van der Waals surface area contributed by atoms with E-state index in [2.05, 4.69) is 16.0 Å². The quantitative estimate of drug-likeness (QED) is 0.0926. The number of nitrogens with two attached hydrogens (primary N) is 1. The van der Waals surface area contributed by atoms with Crippen LogP contribution in [-0.4, -0.2) is 63.0 Å². The normalized spacial score (nSPS) is 23.8. The molecule has 1 heterocycles. The zero-order valence-electron chi connectivity index (χ0n) is 22.1. The van der Waals surface area contributed by atoms with Crippen LogP contribution in [0.4, 0.5) is 4.79 Å². The van der Waals surface area contributed by atoms with E-state index in [1.807, 2.05) is 27.7 Å². The highest BCUT2D eigenvalue weighted by Gasteiger charge is 2.59. The molecule has 2 aliphatic rings. The molecule has 37 heavy (non-hydrogen) atoms. The van der Waals surface area contributed by atoms with E-state index in [1.165, 1.54) is 4.90 Å². The maximum absolute atomic E-state index is 13.0. The van der Waals surface area contributed by atoms with Crippen LogP contribution in [-0.2, 0) is 24.0 Å². The van der Waals surface area contributed by atoms with Crippen molar-refractivity contribution in [3.05, 3.63) is 0 Å². The molecular weight excluding hydrogens is 593 g/mol. The highest BCUT2D eigenvalue weighted by Crippen LogP contribution is 2.48. The maximum Gasteiger partial charge on any atom is 0.312 e. The summed E-state index contributed by atoms with van der Waals surface area (Å²) in [5.41, 5.74) is 4.08. The molecular formula is C25H40IN5O6. The minimum atomic E-state index is -0.992. The Labute approximate surface area is 231 Å². The third kappa shape index (κ3) is 8.37. The molecule has 1 saturated carbocycles. The lowest BCUT2D eigenvalue weighted by molar-refractivity contribution is -0.139. The molecule has 0 bridgehead atoms. The van der Waals surface area contributed by atoms with Gasteiger partial charge in [0.05, 0.1) is 0 Å². The van der Waals surface area contributed by atoms with Gasteiger partial charge in [0, 0.05) is 54.4 Å². The van der Waals surface area contributed by atoms with Crippen LogP contribution >= 0.6 is 22.6 Å². The van der Waals surface area contributed by atoms with Crippen molar-refractivity contribution in [2.45, 2.75) is 84.2 Å². The molecule has 4 atom stereocenters. The lowest BCUT2D eigenvalue weighted by Crippen LogP contribution is -2.54. The topological polar surface area (TPSA) is 168 Å². The van der Waals surface area contributed by atoms with E-state index in [1.54, 1.807) is 22.6 Å². The van der Waals surface area contributed by atoms with E-state index < -0.39 is 23.5 Å². The number of imide groups is 1. The molecule has 0 spiro atoms. The molecule has 2 rings (SSSR count). The van der Waals surface area contributed by atoms with Crippen molar-refractivity contribution >= 4 is 56.0 Å². The first kappa shape index (κ1) is 31.0. The number of hydrogen-bond acceptors (Lipinski definition) is 6. The minimum absolute atomic E-state index is 0.103. The molecule has 2 fully saturated rings. The third-order valence-electron chi connectivity index (χ3n) is 7.23. The number of halogens is 1. The number of unbranched alkanes of at least 4 members (excludes halogenated alkanes) is 2. The van der Waals surface area contributed by atoms with Crippen LogP contribution in [0.3, 0.4) is 0 Å². The van der Waals surface area contributed by atoms with Crippen LogP contribution in [0.2, 0.25) is 0 Å². The summed E-state index contributed by atoms with van der Waals surface area (Å²) in [5.74, 6) is -1.33.